The topological polar surface area (TPSA) is 71.5 Å². The molecule has 6 nitrogen and oxygen atoms in total. The van der Waals surface area contributed by atoms with Crippen LogP contribution in [-0.4, -0.2) is 47.9 Å². The van der Waals surface area contributed by atoms with Crippen LogP contribution in [0.3, 0.4) is 0 Å². The molecule has 28 heavy (non-hydrogen) atoms. The van der Waals surface area contributed by atoms with Crippen molar-refractivity contribution in [3.05, 3.63) is 34.8 Å². The fourth-order valence-corrected chi connectivity index (χ4v) is 4.24. The second-order valence-electron chi connectivity index (χ2n) is 6.84. The van der Waals surface area contributed by atoms with Crippen LogP contribution in [-0.2, 0) is 4.79 Å². The molecule has 0 bridgehead atoms. The molecule has 2 heterocycles. The van der Waals surface area contributed by atoms with Crippen LogP contribution in [0.1, 0.15) is 48.0 Å². The standard InChI is InChI=1S/C21H27N3O3S/c1-3-27-17-10-8-16(9-11-17)21-23-15(2)19(28-21)20(26)22-12-14-24-13-6-4-5-7-18(24)25/h8-11H,3-7,12-14H2,1-2H3,(H,22,26). The molecular weight excluding hydrogens is 374 g/mol. The van der Waals surface area contributed by atoms with E-state index < -0.39 is 0 Å². The number of carbonyl (C=O) groups is 2. The van der Waals surface area contributed by atoms with Crippen molar-refractivity contribution in [2.24, 2.45) is 0 Å². The first kappa shape index (κ1) is 20.3. The molecular formula is C21H27N3O3S. The second kappa shape index (κ2) is 9.68. The van der Waals surface area contributed by atoms with Gasteiger partial charge in [-0.3, -0.25) is 9.59 Å². The maximum atomic E-state index is 12.6. The van der Waals surface area contributed by atoms with Crippen molar-refractivity contribution < 1.29 is 14.3 Å². The van der Waals surface area contributed by atoms with Crippen molar-refractivity contribution in [3.63, 3.8) is 0 Å². The van der Waals surface area contributed by atoms with Gasteiger partial charge in [0.2, 0.25) is 5.91 Å². The highest BCUT2D eigenvalue weighted by molar-refractivity contribution is 7.17. The average molecular weight is 402 g/mol. The Morgan fingerprint density at radius 2 is 2.04 bits per heavy atom. The monoisotopic (exact) mass is 401 g/mol. The molecule has 1 aliphatic rings. The summed E-state index contributed by atoms with van der Waals surface area (Å²) in [6, 6.07) is 7.73. The Morgan fingerprint density at radius 3 is 2.79 bits per heavy atom. The highest BCUT2D eigenvalue weighted by Crippen LogP contribution is 2.29. The van der Waals surface area contributed by atoms with Crippen LogP contribution in [0, 0.1) is 6.92 Å². The average Bonchev–Trinajstić information content (AvgIpc) is 2.96. The number of hydrogen-bond acceptors (Lipinski definition) is 5. The molecule has 1 aromatic carbocycles. The van der Waals surface area contributed by atoms with E-state index in [9.17, 15) is 9.59 Å². The molecule has 7 heteroatoms. The van der Waals surface area contributed by atoms with Crippen molar-refractivity contribution in [2.45, 2.75) is 39.5 Å². The first-order chi connectivity index (χ1) is 13.6. The quantitative estimate of drug-likeness (QED) is 0.769. The van der Waals surface area contributed by atoms with Gasteiger partial charge < -0.3 is 15.0 Å². The fraction of sp³-hybridized carbons (Fsp3) is 0.476. The number of thiazole rings is 1. The summed E-state index contributed by atoms with van der Waals surface area (Å²) < 4.78 is 5.46. The second-order valence-corrected chi connectivity index (χ2v) is 7.84. The number of amides is 2. The van der Waals surface area contributed by atoms with Crippen LogP contribution < -0.4 is 10.1 Å². The summed E-state index contributed by atoms with van der Waals surface area (Å²) in [6.07, 6.45) is 3.73. The van der Waals surface area contributed by atoms with E-state index in [1.807, 2.05) is 43.0 Å². The molecule has 0 unspecified atom stereocenters. The molecule has 3 rings (SSSR count). The Kier molecular flexibility index (Phi) is 7.03. The maximum absolute atomic E-state index is 12.6. The van der Waals surface area contributed by atoms with Crippen LogP contribution in [0.5, 0.6) is 5.75 Å². The minimum Gasteiger partial charge on any atom is -0.494 e. The third-order valence-electron chi connectivity index (χ3n) is 4.75. The van der Waals surface area contributed by atoms with Crippen LogP contribution >= 0.6 is 11.3 Å². The van der Waals surface area contributed by atoms with Gasteiger partial charge in [-0.2, -0.15) is 0 Å². The zero-order valence-corrected chi connectivity index (χ0v) is 17.3. The summed E-state index contributed by atoms with van der Waals surface area (Å²) >= 11 is 1.39. The van der Waals surface area contributed by atoms with Gasteiger partial charge in [-0.15, -0.1) is 11.3 Å². The van der Waals surface area contributed by atoms with Gasteiger partial charge in [0.05, 0.1) is 12.3 Å². The van der Waals surface area contributed by atoms with E-state index >= 15 is 0 Å². The number of hydrogen-bond donors (Lipinski definition) is 1. The minimum absolute atomic E-state index is 0.130. The smallest absolute Gasteiger partial charge is 0.263 e. The number of nitrogens with zero attached hydrogens (tertiary/aromatic N) is 2. The first-order valence-electron chi connectivity index (χ1n) is 9.85. The Labute approximate surface area is 169 Å². The number of aryl methyl sites for hydroxylation is 1. The molecule has 1 saturated heterocycles. The van der Waals surface area contributed by atoms with Gasteiger partial charge in [-0.25, -0.2) is 4.98 Å². The molecule has 2 aromatic rings. The molecule has 0 atom stereocenters. The summed E-state index contributed by atoms with van der Waals surface area (Å²) in [5.41, 5.74) is 1.68. The number of carbonyl (C=O) groups excluding carboxylic acids is 2. The van der Waals surface area contributed by atoms with Crippen molar-refractivity contribution in [1.29, 1.82) is 0 Å². The molecule has 1 aliphatic heterocycles. The number of likely N-dealkylation sites (tertiary alicyclic amines) is 1. The molecule has 0 spiro atoms. The van der Waals surface area contributed by atoms with Gasteiger partial charge in [0.1, 0.15) is 15.6 Å². The van der Waals surface area contributed by atoms with Crippen molar-refractivity contribution in [1.82, 2.24) is 15.2 Å². The van der Waals surface area contributed by atoms with Crippen molar-refractivity contribution in [3.8, 4) is 16.3 Å². The third-order valence-corrected chi connectivity index (χ3v) is 5.96. The Bertz CT molecular complexity index is 817. The van der Waals surface area contributed by atoms with Gasteiger partial charge in [0, 0.05) is 31.6 Å². The van der Waals surface area contributed by atoms with Gasteiger partial charge >= 0.3 is 0 Å². The Hall–Kier alpha value is -2.41. The minimum atomic E-state index is -0.130. The molecule has 0 radical (unpaired) electrons. The van der Waals surface area contributed by atoms with E-state index in [0.717, 1.165) is 47.8 Å². The van der Waals surface area contributed by atoms with Crippen LogP contribution in [0.4, 0.5) is 0 Å². The molecule has 2 amide bonds. The van der Waals surface area contributed by atoms with E-state index in [2.05, 4.69) is 10.3 Å². The van der Waals surface area contributed by atoms with Gasteiger partial charge in [-0.05, 0) is 51.0 Å². The Balaban J connectivity index is 1.59. The van der Waals surface area contributed by atoms with Gasteiger partial charge in [-0.1, -0.05) is 6.42 Å². The lowest BCUT2D eigenvalue weighted by Crippen LogP contribution is -2.38. The fourth-order valence-electron chi connectivity index (χ4n) is 3.25. The number of aromatic nitrogens is 1. The highest BCUT2D eigenvalue weighted by Gasteiger charge is 2.18. The first-order valence-corrected chi connectivity index (χ1v) is 10.7. The van der Waals surface area contributed by atoms with Crippen molar-refractivity contribution in [2.75, 3.05) is 26.2 Å². The SMILES string of the molecule is CCOc1ccc(-c2nc(C)c(C(=O)NCCN3CCCCCC3=O)s2)cc1. The van der Waals surface area contributed by atoms with Gasteiger partial charge in [0.15, 0.2) is 0 Å². The highest BCUT2D eigenvalue weighted by atomic mass is 32.1. The van der Waals surface area contributed by atoms with E-state index in [-0.39, 0.29) is 11.8 Å². The number of ether oxygens (including phenoxy) is 1. The largest absolute Gasteiger partial charge is 0.494 e. The van der Waals surface area contributed by atoms with E-state index in [1.54, 1.807) is 0 Å². The van der Waals surface area contributed by atoms with E-state index in [0.29, 0.717) is 31.0 Å². The predicted molar refractivity (Wildman–Crippen MR) is 111 cm³/mol. The summed E-state index contributed by atoms with van der Waals surface area (Å²) in [7, 11) is 0. The zero-order chi connectivity index (χ0) is 19.9. The predicted octanol–water partition coefficient (Wildman–Crippen LogP) is 3.65. The summed E-state index contributed by atoms with van der Waals surface area (Å²) in [4.78, 5) is 31.6. The molecule has 150 valence electrons. The normalized spacial score (nSPS) is 14.6. The van der Waals surface area contributed by atoms with E-state index in [1.165, 1.54) is 11.3 Å². The lowest BCUT2D eigenvalue weighted by molar-refractivity contribution is -0.130. The van der Waals surface area contributed by atoms with Crippen molar-refractivity contribution >= 4 is 23.2 Å². The molecule has 1 N–H and O–H groups in total. The lowest BCUT2D eigenvalue weighted by atomic mass is 10.2. The summed E-state index contributed by atoms with van der Waals surface area (Å²) in [5.74, 6) is 0.883. The summed E-state index contributed by atoms with van der Waals surface area (Å²) in [6.45, 7) is 6.24. The Morgan fingerprint density at radius 1 is 1.25 bits per heavy atom. The van der Waals surface area contributed by atoms with E-state index in [4.69, 9.17) is 4.74 Å². The van der Waals surface area contributed by atoms with Crippen LogP contribution in [0.2, 0.25) is 0 Å². The van der Waals surface area contributed by atoms with Crippen LogP contribution in [0.25, 0.3) is 10.6 Å². The lowest BCUT2D eigenvalue weighted by Gasteiger charge is -2.20. The molecule has 1 aromatic heterocycles. The van der Waals surface area contributed by atoms with Crippen LogP contribution in [0.15, 0.2) is 24.3 Å². The number of rotatable bonds is 7. The summed E-state index contributed by atoms with van der Waals surface area (Å²) in [5, 5.41) is 3.75. The van der Waals surface area contributed by atoms with Gasteiger partial charge in [0.25, 0.3) is 5.91 Å². The zero-order valence-electron chi connectivity index (χ0n) is 16.5. The molecule has 0 saturated carbocycles. The third kappa shape index (κ3) is 5.10. The molecule has 1 fully saturated rings. The molecule has 0 aliphatic carbocycles. The maximum Gasteiger partial charge on any atom is 0.263 e. The number of benzene rings is 1. The number of nitrogens with one attached hydrogen (secondary N) is 1.